The van der Waals surface area contributed by atoms with E-state index in [0.29, 0.717) is 44.8 Å². The highest BCUT2D eigenvalue weighted by Gasteiger charge is 2.21. The topological polar surface area (TPSA) is 93.9 Å². The van der Waals surface area contributed by atoms with Crippen LogP contribution < -0.4 is 11.1 Å². The molecule has 3 aromatic carbocycles. The van der Waals surface area contributed by atoms with Crippen molar-refractivity contribution in [1.29, 1.82) is 0 Å². The number of ether oxygens (including phenoxy) is 2. The number of carbonyl (C=O) groups excluding carboxylic acids is 2. The maximum absolute atomic E-state index is 13.5. The summed E-state index contributed by atoms with van der Waals surface area (Å²) in [6.07, 6.45) is 1.03. The SMILES string of the molecule is CCOC(CN(CCc1ccccc1)C(=O)CCc1ccc2ccccc2c1NC(=O)[C@H](C)N)OCC. The van der Waals surface area contributed by atoms with Gasteiger partial charge in [-0.05, 0) is 50.1 Å². The molecule has 0 saturated carbocycles. The molecule has 3 N–H and O–H groups in total. The zero-order valence-electron chi connectivity index (χ0n) is 22.1. The Kier molecular flexibility index (Phi) is 11.1. The number of nitrogens with zero attached hydrogens (tertiary/aromatic N) is 1. The average molecular weight is 506 g/mol. The van der Waals surface area contributed by atoms with E-state index in [1.165, 1.54) is 5.56 Å². The molecule has 0 heterocycles. The van der Waals surface area contributed by atoms with Crippen molar-refractivity contribution in [3.8, 4) is 0 Å². The van der Waals surface area contributed by atoms with Gasteiger partial charge in [0.05, 0.1) is 18.3 Å². The van der Waals surface area contributed by atoms with Crippen LogP contribution >= 0.6 is 0 Å². The lowest BCUT2D eigenvalue weighted by Gasteiger charge is -2.28. The van der Waals surface area contributed by atoms with Crippen molar-refractivity contribution < 1.29 is 19.1 Å². The summed E-state index contributed by atoms with van der Waals surface area (Å²) in [7, 11) is 0. The molecule has 1 atom stereocenters. The van der Waals surface area contributed by atoms with E-state index in [9.17, 15) is 9.59 Å². The van der Waals surface area contributed by atoms with Gasteiger partial charge in [0.1, 0.15) is 0 Å². The fourth-order valence-electron chi connectivity index (χ4n) is 4.24. The average Bonchev–Trinajstić information content (AvgIpc) is 2.91. The molecular weight excluding hydrogens is 466 g/mol. The van der Waals surface area contributed by atoms with Crippen LogP contribution in [-0.2, 0) is 31.9 Å². The van der Waals surface area contributed by atoms with Crippen LogP contribution in [0.15, 0.2) is 66.7 Å². The predicted molar refractivity (Wildman–Crippen MR) is 148 cm³/mol. The summed E-state index contributed by atoms with van der Waals surface area (Å²) < 4.78 is 11.5. The summed E-state index contributed by atoms with van der Waals surface area (Å²) in [6, 6.07) is 21.3. The van der Waals surface area contributed by atoms with E-state index in [-0.39, 0.29) is 11.8 Å². The van der Waals surface area contributed by atoms with E-state index in [0.717, 1.165) is 22.8 Å². The van der Waals surface area contributed by atoms with Gasteiger partial charge in [-0.3, -0.25) is 9.59 Å². The fraction of sp³-hybridized carbons (Fsp3) is 0.400. The second-order valence-electron chi connectivity index (χ2n) is 9.01. The van der Waals surface area contributed by atoms with Crippen LogP contribution in [0.4, 0.5) is 5.69 Å². The number of anilines is 1. The number of nitrogens with two attached hydrogens (primary N) is 1. The third-order valence-corrected chi connectivity index (χ3v) is 6.23. The maximum atomic E-state index is 13.5. The molecule has 3 rings (SSSR count). The van der Waals surface area contributed by atoms with Gasteiger partial charge in [0.25, 0.3) is 0 Å². The minimum Gasteiger partial charge on any atom is -0.351 e. The molecule has 0 aliphatic heterocycles. The summed E-state index contributed by atoms with van der Waals surface area (Å²) in [5.41, 5.74) is 8.60. The first-order chi connectivity index (χ1) is 17.9. The summed E-state index contributed by atoms with van der Waals surface area (Å²) in [6.45, 7) is 7.42. The van der Waals surface area contributed by atoms with E-state index < -0.39 is 12.3 Å². The molecule has 0 aromatic heterocycles. The van der Waals surface area contributed by atoms with Gasteiger partial charge in [-0.1, -0.05) is 66.7 Å². The van der Waals surface area contributed by atoms with Crippen LogP contribution in [0.2, 0.25) is 0 Å². The molecule has 0 aliphatic rings. The molecule has 0 fully saturated rings. The van der Waals surface area contributed by atoms with Gasteiger partial charge >= 0.3 is 0 Å². The third kappa shape index (κ3) is 8.39. The summed E-state index contributed by atoms with van der Waals surface area (Å²) in [4.78, 5) is 27.8. The van der Waals surface area contributed by atoms with E-state index in [4.69, 9.17) is 15.2 Å². The first-order valence-electron chi connectivity index (χ1n) is 13.0. The Bertz CT molecular complexity index is 1140. The van der Waals surface area contributed by atoms with Crippen LogP contribution in [0.25, 0.3) is 10.8 Å². The van der Waals surface area contributed by atoms with Crippen LogP contribution in [0.3, 0.4) is 0 Å². The first-order valence-corrected chi connectivity index (χ1v) is 13.0. The number of nitrogens with one attached hydrogen (secondary N) is 1. The van der Waals surface area contributed by atoms with E-state index >= 15 is 0 Å². The summed E-state index contributed by atoms with van der Waals surface area (Å²) in [5.74, 6) is -0.248. The van der Waals surface area contributed by atoms with Crippen LogP contribution in [-0.4, -0.2) is 55.3 Å². The van der Waals surface area contributed by atoms with E-state index in [1.54, 1.807) is 6.92 Å². The Morgan fingerprint density at radius 1 is 0.919 bits per heavy atom. The van der Waals surface area contributed by atoms with E-state index in [2.05, 4.69) is 17.4 Å². The van der Waals surface area contributed by atoms with Gasteiger partial charge in [0, 0.05) is 31.6 Å². The number of fused-ring (bicyclic) bond motifs is 1. The van der Waals surface area contributed by atoms with Crippen molar-refractivity contribution in [3.05, 3.63) is 77.9 Å². The monoisotopic (exact) mass is 505 g/mol. The number of carbonyl (C=O) groups is 2. The van der Waals surface area contributed by atoms with Crippen molar-refractivity contribution >= 4 is 28.3 Å². The minimum atomic E-state index is -0.643. The Hall–Kier alpha value is -3.26. The molecule has 37 heavy (non-hydrogen) atoms. The van der Waals surface area contributed by atoms with Crippen molar-refractivity contribution in [2.24, 2.45) is 5.73 Å². The highest BCUT2D eigenvalue weighted by atomic mass is 16.7. The van der Waals surface area contributed by atoms with Crippen LogP contribution in [0.5, 0.6) is 0 Å². The van der Waals surface area contributed by atoms with Gasteiger partial charge in [-0.2, -0.15) is 0 Å². The molecule has 2 amide bonds. The Labute approximate surface area is 219 Å². The number of aryl methyl sites for hydroxylation is 1. The zero-order valence-corrected chi connectivity index (χ0v) is 22.1. The molecule has 0 unspecified atom stereocenters. The lowest BCUT2D eigenvalue weighted by molar-refractivity contribution is -0.158. The van der Waals surface area contributed by atoms with Gasteiger partial charge in [-0.25, -0.2) is 0 Å². The largest absolute Gasteiger partial charge is 0.351 e. The molecule has 0 bridgehead atoms. The molecule has 7 heteroatoms. The number of hydrogen-bond donors (Lipinski definition) is 2. The summed E-state index contributed by atoms with van der Waals surface area (Å²) >= 11 is 0. The normalized spacial score (nSPS) is 12.0. The molecule has 0 radical (unpaired) electrons. The second kappa shape index (κ2) is 14.5. The molecule has 7 nitrogen and oxygen atoms in total. The van der Waals surface area contributed by atoms with Crippen molar-refractivity contribution in [1.82, 2.24) is 4.90 Å². The van der Waals surface area contributed by atoms with Crippen molar-refractivity contribution in [3.63, 3.8) is 0 Å². The quantitative estimate of drug-likeness (QED) is 0.314. The van der Waals surface area contributed by atoms with Crippen LogP contribution in [0, 0.1) is 0 Å². The van der Waals surface area contributed by atoms with Crippen molar-refractivity contribution in [2.75, 3.05) is 31.6 Å². The highest BCUT2D eigenvalue weighted by Crippen LogP contribution is 2.29. The second-order valence-corrected chi connectivity index (χ2v) is 9.01. The molecule has 198 valence electrons. The van der Waals surface area contributed by atoms with Crippen molar-refractivity contribution in [2.45, 2.75) is 52.4 Å². The van der Waals surface area contributed by atoms with Gasteiger partial charge in [0.2, 0.25) is 11.8 Å². The standard InChI is InChI=1S/C30H39N3O4/c1-4-36-28(37-5-2)21-33(20-19-23-11-7-6-8-12-23)27(34)18-17-25-16-15-24-13-9-10-14-26(24)29(25)32-30(35)22(3)31/h6-16,22,28H,4-5,17-21,31H2,1-3H3,(H,32,35)/t22-/m0/s1. The lowest BCUT2D eigenvalue weighted by Crippen LogP contribution is -2.41. The Balaban J connectivity index is 1.79. The molecule has 3 aromatic rings. The lowest BCUT2D eigenvalue weighted by atomic mass is 10.00. The molecular formula is C30H39N3O4. The first kappa shape index (κ1) is 28.3. The molecule has 0 saturated heterocycles. The van der Waals surface area contributed by atoms with Gasteiger partial charge < -0.3 is 25.4 Å². The molecule has 0 spiro atoms. The van der Waals surface area contributed by atoms with Gasteiger partial charge in [-0.15, -0.1) is 0 Å². The maximum Gasteiger partial charge on any atom is 0.241 e. The predicted octanol–water partition coefficient (Wildman–Crippen LogP) is 4.53. The Morgan fingerprint density at radius 2 is 1.59 bits per heavy atom. The number of benzene rings is 3. The van der Waals surface area contributed by atoms with Gasteiger partial charge in [0.15, 0.2) is 6.29 Å². The number of rotatable bonds is 14. The highest BCUT2D eigenvalue weighted by molar-refractivity contribution is 6.05. The number of amides is 2. The van der Waals surface area contributed by atoms with Crippen LogP contribution in [0.1, 0.15) is 38.3 Å². The Morgan fingerprint density at radius 3 is 2.27 bits per heavy atom. The zero-order chi connectivity index (χ0) is 26.6. The third-order valence-electron chi connectivity index (χ3n) is 6.23. The smallest absolute Gasteiger partial charge is 0.241 e. The summed E-state index contributed by atoms with van der Waals surface area (Å²) in [5, 5.41) is 4.93. The fourth-order valence-corrected chi connectivity index (χ4v) is 4.24. The number of hydrogen-bond acceptors (Lipinski definition) is 5. The van der Waals surface area contributed by atoms with E-state index in [1.807, 2.05) is 73.3 Å². The minimum absolute atomic E-state index is 0.0120. The molecule has 0 aliphatic carbocycles.